The van der Waals surface area contributed by atoms with Crippen LogP contribution in [0.3, 0.4) is 0 Å². The second-order valence-corrected chi connectivity index (χ2v) is 7.30. The average molecular weight is 327 g/mol. The van der Waals surface area contributed by atoms with Crippen molar-refractivity contribution in [1.82, 2.24) is 4.90 Å². The van der Waals surface area contributed by atoms with E-state index < -0.39 is 0 Å². The van der Waals surface area contributed by atoms with Gasteiger partial charge in [-0.25, -0.2) is 0 Å². The third-order valence-corrected chi connectivity index (χ3v) is 5.52. The lowest BCUT2D eigenvalue weighted by Gasteiger charge is -2.35. The Balaban J connectivity index is 1.76. The van der Waals surface area contributed by atoms with E-state index >= 15 is 0 Å². The van der Waals surface area contributed by atoms with Gasteiger partial charge in [-0.1, -0.05) is 78.9 Å². The van der Waals surface area contributed by atoms with Crippen LogP contribution in [0, 0.1) is 0 Å². The van der Waals surface area contributed by atoms with Crippen LogP contribution >= 0.6 is 0 Å². The number of likely N-dealkylation sites (N-methyl/N-ethyl adjacent to an activating group) is 1. The number of nitrogens with zero attached hydrogens (tertiary/aromatic N) is 1. The summed E-state index contributed by atoms with van der Waals surface area (Å²) in [4.78, 5) is 2.38. The van der Waals surface area contributed by atoms with E-state index in [4.69, 9.17) is 0 Å². The van der Waals surface area contributed by atoms with Crippen molar-refractivity contribution < 1.29 is 0 Å². The molecule has 1 aliphatic rings. The van der Waals surface area contributed by atoms with Crippen molar-refractivity contribution in [2.75, 3.05) is 14.1 Å². The van der Waals surface area contributed by atoms with Crippen LogP contribution in [-0.2, 0) is 6.42 Å². The molecule has 0 unspecified atom stereocenters. The van der Waals surface area contributed by atoms with E-state index in [2.05, 4.69) is 97.9 Å². The molecule has 126 valence electrons. The number of benzene rings is 3. The van der Waals surface area contributed by atoms with Crippen LogP contribution in [0.15, 0.2) is 78.9 Å². The van der Waals surface area contributed by atoms with E-state index in [1.54, 1.807) is 0 Å². The Morgan fingerprint density at radius 2 is 1.48 bits per heavy atom. The maximum atomic E-state index is 2.38. The van der Waals surface area contributed by atoms with Crippen molar-refractivity contribution in [1.29, 1.82) is 0 Å². The standard InChI is InChI=1S/C24H25N/c1-25(2)22-16-21-11-6-7-14-23(21)24(17-22)20-13-8-12-19(15-20)18-9-4-3-5-10-18/h3-15,22,24H,16-17H2,1-2H3/t22-,24+/m0/s1. The Morgan fingerprint density at radius 1 is 0.760 bits per heavy atom. The highest BCUT2D eigenvalue weighted by molar-refractivity contribution is 5.64. The zero-order chi connectivity index (χ0) is 17.2. The lowest BCUT2D eigenvalue weighted by Crippen LogP contribution is -2.35. The van der Waals surface area contributed by atoms with Gasteiger partial charge in [0.2, 0.25) is 0 Å². The minimum Gasteiger partial charge on any atom is -0.306 e. The first-order valence-electron chi connectivity index (χ1n) is 9.12. The fourth-order valence-electron chi connectivity index (χ4n) is 4.07. The minimum absolute atomic E-state index is 0.473. The van der Waals surface area contributed by atoms with Gasteiger partial charge in [-0.2, -0.15) is 0 Å². The number of hydrogen-bond donors (Lipinski definition) is 0. The van der Waals surface area contributed by atoms with E-state index in [1.165, 1.54) is 34.2 Å². The second-order valence-electron chi connectivity index (χ2n) is 7.30. The molecule has 0 heterocycles. The first-order valence-corrected chi connectivity index (χ1v) is 9.12. The van der Waals surface area contributed by atoms with Gasteiger partial charge in [-0.15, -0.1) is 0 Å². The molecule has 0 N–H and O–H groups in total. The predicted octanol–water partition coefficient (Wildman–Crippen LogP) is 5.36. The van der Waals surface area contributed by atoms with E-state index in [-0.39, 0.29) is 0 Å². The Bertz CT molecular complexity index is 851. The summed E-state index contributed by atoms with van der Waals surface area (Å²) in [6.45, 7) is 0. The molecule has 0 saturated carbocycles. The summed E-state index contributed by atoms with van der Waals surface area (Å²) in [6, 6.07) is 29.4. The molecule has 0 radical (unpaired) electrons. The van der Waals surface area contributed by atoms with Crippen LogP contribution in [0.1, 0.15) is 29.0 Å². The molecule has 3 aromatic rings. The zero-order valence-corrected chi connectivity index (χ0v) is 15.0. The van der Waals surface area contributed by atoms with Gasteiger partial charge >= 0.3 is 0 Å². The monoisotopic (exact) mass is 327 g/mol. The van der Waals surface area contributed by atoms with Crippen molar-refractivity contribution >= 4 is 0 Å². The van der Waals surface area contributed by atoms with Crippen molar-refractivity contribution in [2.45, 2.75) is 24.8 Å². The number of fused-ring (bicyclic) bond motifs is 1. The van der Waals surface area contributed by atoms with Gasteiger partial charge in [0.25, 0.3) is 0 Å². The fraction of sp³-hybridized carbons (Fsp3) is 0.250. The number of hydrogen-bond acceptors (Lipinski definition) is 1. The second kappa shape index (κ2) is 6.85. The Kier molecular flexibility index (Phi) is 4.42. The van der Waals surface area contributed by atoms with Crippen LogP contribution in [0.5, 0.6) is 0 Å². The molecule has 0 spiro atoms. The molecule has 25 heavy (non-hydrogen) atoms. The maximum absolute atomic E-state index is 2.38. The van der Waals surface area contributed by atoms with Crippen LogP contribution in [0.4, 0.5) is 0 Å². The van der Waals surface area contributed by atoms with E-state index in [1.807, 2.05) is 0 Å². The van der Waals surface area contributed by atoms with E-state index in [9.17, 15) is 0 Å². The quantitative estimate of drug-likeness (QED) is 0.626. The molecule has 0 bridgehead atoms. The molecule has 1 heteroatoms. The highest BCUT2D eigenvalue weighted by Crippen LogP contribution is 2.38. The highest BCUT2D eigenvalue weighted by Gasteiger charge is 2.28. The van der Waals surface area contributed by atoms with Crippen molar-refractivity contribution in [3.63, 3.8) is 0 Å². The van der Waals surface area contributed by atoms with Crippen molar-refractivity contribution in [3.05, 3.63) is 95.6 Å². The molecular weight excluding hydrogens is 302 g/mol. The van der Waals surface area contributed by atoms with Crippen LogP contribution in [0.2, 0.25) is 0 Å². The van der Waals surface area contributed by atoms with Gasteiger partial charge < -0.3 is 4.90 Å². The highest BCUT2D eigenvalue weighted by atomic mass is 15.1. The van der Waals surface area contributed by atoms with Gasteiger partial charge in [-0.3, -0.25) is 0 Å². The first-order chi connectivity index (χ1) is 12.2. The van der Waals surface area contributed by atoms with Gasteiger partial charge in [0.1, 0.15) is 0 Å². The molecule has 3 aromatic carbocycles. The van der Waals surface area contributed by atoms with Gasteiger partial charge in [0.05, 0.1) is 0 Å². The predicted molar refractivity (Wildman–Crippen MR) is 106 cm³/mol. The average Bonchev–Trinajstić information content (AvgIpc) is 2.68. The topological polar surface area (TPSA) is 3.24 Å². The van der Waals surface area contributed by atoms with Gasteiger partial charge in [0.15, 0.2) is 0 Å². The Morgan fingerprint density at radius 3 is 2.28 bits per heavy atom. The first kappa shape index (κ1) is 16.1. The van der Waals surface area contributed by atoms with Crippen molar-refractivity contribution in [2.24, 2.45) is 0 Å². The SMILES string of the molecule is CN(C)[C@H]1Cc2ccccc2[C@@H](c2cccc(-c3ccccc3)c2)C1. The Labute approximate surface area is 150 Å². The number of rotatable bonds is 3. The molecule has 0 aliphatic heterocycles. The van der Waals surface area contributed by atoms with Crippen LogP contribution in [-0.4, -0.2) is 25.0 Å². The van der Waals surface area contributed by atoms with Gasteiger partial charge in [0, 0.05) is 12.0 Å². The summed E-state index contributed by atoms with van der Waals surface area (Å²) in [6.07, 6.45) is 2.33. The van der Waals surface area contributed by atoms with Crippen LogP contribution < -0.4 is 0 Å². The lowest BCUT2D eigenvalue weighted by atomic mass is 9.76. The molecular formula is C24H25N. The molecule has 2 atom stereocenters. The summed E-state index contributed by atoms with van der Waals surface area (Å²) in [5.41, 5.74) is 7.04. The third-order valence-electron chi connectivity index (χ3n) is 5.52. The summed E-state index contributed by atoms with van der Waals surface area (Å²) >= 11 is 0. The molecule has 1 aliphatic carbocycles. The van der Waals surface area contributed by atoms with Gasteiger partial charge in [-0.05, 0) is 54.8 Å². The smallest absolute Gasteiger partial charge is 0.0139 e. The summed E-state index contributed by atoms with van der Waals surface area (Å²) in [5.74, 6) is 0.473. The lowest BCUT2D eigenvalue weighted by molar-refractivity contribution is 0.258. The largest absolute Gasteiger partial charge is 0.306 e. The molecule has 0 aromatic heterocycles. The normalized spacial score (nSPS) is 19.6. The van der Waals surface area contributed by atoms with Crippen LogP contribution in [0.25, 0.3) is 11.1 Å². The minimum atomic E-state index is 0.473. The van der Waals surface area contributed by atoms with E-state index in [0.29, 0.717) is 12.0 Å². The molecule has 0 saturated heterocycles. The molecule has 4 rings (SSSR count). The molecule has 0 amide bonds. The zero-order valence-electron chi connectivity index (χ0n) is 15.0. The summed E-state index contributed by atoms with van der Waals surface area (Å²) < 4.78 is 0. The third kappa shape index (κ3) is 3.25. The van der Waals surface area contributed by atoms with Crippen molar-refractivity contribution in [3.8, 4) is 11.1 Å². The maximum Gasteiger partial charge on any atom is 0.0139 e. The van der Waals surface area contributed by atoms with E-state index in [0.717, 1.165) is 6.42 Å². The summed E-state index contributed by atoms with van der Waals surface area (Å²) in [5, 5.41) is 0. The fourth-order valence-corrected chi connectivity index (χ4v) is 4.07. The Hall–Kier alpha value is -2.38. The molecule has 1 nitrogen and oxygen atoms in total. The molecule has 0 fully saturated rings. The summed E-state index contributed by atoms with van der Waals surface area (Å²) in [7, 11) is 4.41.